The van der Waals surface area contributed by atoms with Crippen molar-refractivity contribution in [2.24, 2.45) is 5.92 Å². The summed E-state index contributed by atoms with van der Waals surface area (Å²) in [7, 11) is 0. The van der Waals surface area contributed by atoms with E-state index < -0.39 is 0 Å². The lowest BCUT2D eigenvalue weighted by molar-refractivity contribution is 0.112. The number of nitrogens with one attached hydrogen (secondary N) is 1. The zero-order valence-electron chi connectivity index (χ0n) is 12.1. The Morgan fingerprint density at radius 3 is 2.61 bits per heavy atom. The van der Waals surface area contributed by atoms with Crippen LogP contribution in [0, 0.1) is 5.92 Å². The van der Waals surface area contributed by atoms with Gasteiger partial charge in [-0.15, -0.1) is 0 Å². The molecule has 0 aromatic heterocycles. The molecule has 0 heterocycles. The summed E-state index contributed by atoms with van der Waals surface area (Å²) in [6.45, 7) is 8.10. The molecule has 0 aliphatic heterocycles. The molecule has 2 aliphatic carbocycles. The number of aliphatic hydroxyl groups is 1. The van der Waals surface area contributed by atoms with Crippen molar-refractivity contribution in [2.45, 2.75) is 64.0 Å². The third-order valence-electron chi connectivity index (χ3n) is 5.00. The standard InChI is InChI=1S/C15H30N2O/c1-3-16-15(12-18)10-5-6-13(15)9-11-17(4-2)14-7-8-14/h13-14,16,18H,3-12H2,1-2H3. The van der Waals surface area contributed by atoms with Gasteiger partial charge in [-0.3, -0.25) is 0 Å². The van der Waals surface area contributed by atoms with Crippen molar-refractivity contribution in [3.8, 4) is 0 Å². The fourth-order valence-corrected chi connectivity index (χ4v) is 3.77. The molecular weight excluding hydrogens is 224 g/mol. The number of rotatable bonds is 8. The minimum absolute atomic E-state index is 0.0255. The molecule has 0 bridgehead atoms. The Balaban J connectivity index is 1.86. The number of likely N-dealkylation sites (N-methyl/N-ethyl adjacent to an activating group) is 1. The zero-order valence-corrected chi connectivity index (χ0v) is 12.1. The van der Waals surface area contributed by atoms with E-state index in [-0.39, 0.29) is 5.54 Å². The second-order valence-electron chi connectivity index (χ2n) is 6.08. The highest BCUT2D eigenvalue weighted by atomic mass is 16.3. The molecule has 2 fully saturated rings. The molecule has 0 radical (unpaired) electrons. The minimum atomic E-state index is 0.0255. The Bertz CT molecular complexity index is 255. The van der Waals surface area contributed by atoms with Gasteiger partial charge in [0.2, 0.25) is 0 Å². The minimum Gasteiger partial charge on any atom is -0.394 e. The van der Waals surface area contributed by atoms with Crippen molar-refractivity contribution in [1.82, 2.24) is 10.2 Å². The molecule has 0 spiro atoms. The van der Waals surface area contributed by atoms with Crippen LogP contribution < -0.4 is 5.32 Å². The zero-order chi connectivity index (χ0) is 13.0. The first-order valence-electron chi connectivity index (χ1n) is 7.85. The first kappa shape index (κ1) is 14.3. The molecule has 0 aromatic rings. The van der Waals surface area contributed by atoms with E-state index in [9.17, 15) is 5.11 Å². The quantitative estimate of drug-likeness (QED) is 0.695. The van der Waals surface area contributed by atoms with Crippen molar-refractivity contribution < 1.29 is 5.11 Å². The van der Waals surface area contributed by atoms with Crippen LogP contribution in [0.5, 0.6) is 0 Å². The van der Waals surface area contributed by atoms with E-state index in [0.29, 0.717) is 12.5 Å². The first-order valence-corrected chi connectivity index (χ1v) is 7.85. The molecule has 18 heavy (non-hydrogen) atoms. The lowest BCUT2D eigenvalue weighted by Crippen LogP contribution is -2.52. The summed E-state index contributed by atoms with van der Waals surface area (Å²) in [6, 6.07) is 0.874. The lowest BCUT2D eigenvalue weighted by Gasteiger charge is -2.36. The van der Waals surface area contributed by atoms with Gasteiger partial charge in [-0.2, -0.15) is 0 Å². The van der Waals surface area contributed by atoms with E-state index in [1.165, 1.54) is 45.2 Å². The van der Waals surface area contributed by atoms with Crippen LogP contribution in [-0.4, -0.2) is 47.8 Å². The Labute approximate surface area is 112 Å². The van der Waals surface area contributed by atoms with Gasteiger partial charge in [-0.1, -0.05) is 20.3 Å². The number of aliphatic hydroxyl groups excluding tert-OH is 1. The topological polar surface area (TPSA) is 35.5 Å². The number of hydrogen-bond acceptors (Lipinski definition) is 3. The van der Waals surface area contributed by atoms with Crippen LogP contribution in [0.25, 0.3) is 0 Å². The summed E-state index contributed by atoms with van der Waals surface area (Å²) < 4.78 is 0. The van der Waals surface area contributed by atoms with E-state index in [4.69, 9.17) is 0 Å². The van der Waals surface area contributed by atoms with Gasteiger partial charge in [0.05, 0.1) is 6.61 Å². The molecule has 0 aromatic carbocycles. The molecule has 3 nitrogen and oxygen atoms in total. The van der Waals surface area contributed by atoms with Crippen LogP contribution >= 0.6 is 0 Å². The Morgan fingerprint density at radius 1 is 1.28 bits per heavy atom. The maximum Gasteiger partial charge on any atom is 0.0616 e. The maximum atomic E-state index is 9.79. The predicted octanol–water partition coefficient (Wildman–Crippen LogP) is 2.00. The third kappa shape index (κ3) is 3.06. The van der Waals surface area contributed by atoms with Gasteiger partial charge in [-0.05, 0) is 57.7 Å². The molecule has 2 aliphatic rings. The average molecular weight is 254 g/mol. The smallest absolute Gasteiger partial charge is 0.0616 e. The van der Waals surface area contributed by atoms with Gasteiger partial charge in [-0.25, -0.2) is 0 Å². The monoisotopic (exact) mass is 254 g/mol. The van der Waals surface area contributed by atoms with Gasteiger partial charge in [0.15, 0.2) is 0 Å². The molecule has 2 saturated carbocycles. The number of hydrogen-bond donors (Lipinski definition) is 2. The van der Waals surface area contributed by atoms with Crippen molar-refractivity contribution in [1.29, 1.82) is 0 Å². The van der Waals surface area contributed by atoms with Crippen molar-refractivity contribution in [3.05, 3.63) is 0 Å². The van der Waals surface area contributed by atoms with Crippen LogP contribution in [-0.2, 0) is 0 Å². The highest BCUT2D eigenvalue weighted by molar-refractivity contribution is 4.99. The van der Waals surface area contributed by atoms with Crippen LogP contribution in [0.3, 0.4) is 0 Å². The first-order chi connectivity index (χ1) is 8.75. The summed E-state index contributed by atoms with van der Waals surface area (Å²) in [5.41, 5.74) is 0.0255. The predicted molar refractivity (Wildman–Crippen MR) is 75.7 cm³/mol. The molecule has 2 atom stereocenters. The number of nitrogens with zero attached hydrogens (tertiary/aromatic N) is 1. The largest absolute Gasteiger partial charge is 0.394 e. The molecule has 106 valence electrons. The second kappa shape index (κ2) is 6.36. The molecule has 0 saturated heterocycles. The molecular formula is C15H30N2O. The maximum absolute atomic E-state index is 9.79. The lowest BCUT2D eigenvalue weighted by atomic mass is 9.85. The second-order valence-corrected chi connectivity index (χ2v) is 6.08. The molecule has 2 N–H and O–H groups in total. The summed E-state index contributed by atoms with van der Waals surface area (Å²) in [4.78, 5) is 2.63. The van der Waals surface area contributed by atoms with Crippen LogP contribution in [0.2, 0.25) is 0 Å². The van der Waals surface area contributed by atoms with E-state index in [1.54, 1.807) is 0 Å². The van der Waals surface area contributed by atoms with Gasteiger partial charge < -0.3 is 15.3 Å². The average Bonchev–Trinajstić information content (AvgIpc) is 3.14. The Hall–Kier alpha value is -0.120. The summed E-state index contributed by atoms with van der Waals surface area (Å²) in [5, 5.41) is 13.4. The fourth-order valence-electron chi connectivity index (χ4n) is 3.77. The molecule has 2 rings (SSSR count). The molecule has 0 amide bonds. The normalized spacial score (nSPS) is 32.3. The Kier molecular flexibility index (Phi) is 5.05. The summed E-state index contributed by atoms with van der Waals surface area (Å²) in [5.74, 6) is 0.662. The van der Waals surface area contributed by atoms with Crippen molar-refractivity contribution in [3.63, 3.8) is 0 Å². The SMILES string of the molecule is CCNC1(CO)CCCC1CCN(CC)C1CC1. The third-order valence-corrected chi connectivity index (χ3v) is 5.00. The van der Waals surface area contributed by atoms with Crippen LogP contribution in [0.4, 0.5) is 0 Å². The van der Waals surface area contributed by atoms with E-state index in [0.717, 1.165) is 19.0 Å². The van der Waals surface area contributed by atoms with E-state index in [1.807, 2.05) is 0 Å². The molecule has 2 unspecified atom stereocenters. The fraction of sp³-hybridized carbons (Fsp3) is 1.00. The highest BCUT2D eigenvalue weighted by Gasteiger charge is 2.41. The van der Waals surface area contributed by atoms with Gasteiger partial charge in [0.1, 0.15) is 0 Å². The van der Waals surface area contributed by atoms with Gasteiger partial charge in [0, 0.05) is 11.6 Å². The van der Waals surface area contributed by atoms with Gasteiger partial charge >= 0.3 is 0 Å². The van der Waals surface area contributed by atoms with E-state index in [2.05, 4.69) is 24.1 Å². The molecule has 3 heteroatoms. The highest BCUT2D eigenvalue weighted by Crippen LogP contribution is 2.38. The van der Waals surface area contributed by atoms with Crippen molar-refractivity contribution >= 4 is 0 Å². The van der Waals surface area contributed by atoms with E-state index >= 15 is 0 Å². The van der Waals surface area contributed by atoms with Crippen molar-refractivity contribution in [2.75, 3.05) is 26.2 Å². The summed E-state index contributed by atoms with van der Waals surface area (Å²) in [6.07, 6.45) is 7.76. The Morgan fingerprint density at radius 2 is 2.06 bits per heavy atom. The summed E-state index contributed by atoms with van der Waals surface area (Å²) >= 11 is 0. The van der Waals surface area contributed by atoms with Crippen LogP contribution in [0.1, 0.15) is 52.4 Å². The van der Waals surface area contributed by atoms with Gasteiger partial charge in [0.25, 0.3) is 0 Å². The van der Waals surface area contributed by atoms with Crippen LogP contribution in [0.15, 0.2) is 0 Å².